The summed E-state index contributed by atoms with van der Waals surface area (Å²) in [4.78, 5) is 15.8. The highest BCUT2D eigenvalue weighted by Gasteiger charge is 2.04. The molecule has 0 radical (unpaired) electrons. The average Bonchev–Trinajstić information content (AvgIpc) is 2.28. The van der Waals surface area contributed by atoms with Gasteiger partial charge in [0, 0.05) is 11.3 Å². The Bertz CT molecular complexity index is 435. The molecular formula is C11H11N3O2. The smallest absolute Gasteiger partial charge is 0.238 e. The van der Waals surface area contributed by atoms with Gasteiger partial charge in [-0.1, -0.05) is 23.4 Å². The quantitative estimate of drug-likeness (QED) is 0.613. The van der Waals surface area contributed by atoms with Crippen molar-refractivity contribution in [1.82, 2.24) is 0 Å². The summed E-state index contributed by atoms with van der Waals surface area (Å²) in [6.07, 6.45) is 1.32. The van der Waals surface area contributed by atoms with Gasteiger partial charge in [-0.2, -0.15) is 5.26 Å². The van der Waals surface area contributed by atoms with Gasteiger partial charge in [-0.3, -0.25) is 4.79 Å². The van der Waals surface area contributed by atoms with E-state index in [1.807, 2.05) is 6.07 Å². The van der Waals surface area contributed by atoms with Crippen molar-refractivity contribution in [2.45, 2.75) is 6.42 Å². The fourth-order valence-electron chi connectivity index (χ4n) is 1.10. The Labute approximate surface area is 93.3 Å². The monoisotopic (exact) mass is 217 g/mol. The third-order valence-electron chi connectivity index (χ3n) is 1.77. The molecule has 0 aliphatic heterocycles. The maximum atomic E-state index is 11.2. The number of para-hydroxylation sites is 1. The summed E-state index contributed by atoms with van der Waals surface area (Å²) < 4.78 is 0. The van der Waals surface area contributed by atoms with Crippen LogP contribution in [0, 0.1) is 11.3 Å². The van der Waals surface area contributed by atoms with Crippen molar-refractivity contribution in [3.05, 3.63) is 29.8 Å². The molecule has 1 aromatic carbocycles. The molecule has 0 fully saturated rings. The summed E-state index contributed by atoms with van der Waals surface area (Å²) in [5, 5.41) is 14.6. The number of benzene rings is 1. The molecule has 0 saturated carbocycles. The van der Waals surface area contributed by atoms with Crippen LogP contribution in [0.4, 0.5) is 5.69 Å². The van der Waals surface area contributed by atoms with Gasteiger partial charge >= 0.3 is 0 Å². The lowest BCUT2D eigenvalue weighted by Gasteiger charge is -2.05. The van der Waals surface area contributed by atoms with Crippen molar-refractivity contribution in [3.63, 3.8) is 0 Å². The summed E-state index contributed by atoms with van der Waals surface area (Å²) >= 11 is 0. The van der Waals surface area contributed by atoms with Crippen LogP contribution in [-0.2, 0) is 9.63 Å². The van der Waals surface area contributed by atoms with Crippen molar-refractivity contribution in [1.29, 1.82) is 5.26 Å². The molecule has 16 heavy (non-hydrogen) atoms. The maximum absolute atomic E-state index is 11.2. The van der Waals surface area contributed by atoms with E-state index in [9.17, 15) is 4.79 Å². The minimum Gasteiger partial charge on any atom is -0.399 e. The SMILES string of the molecule is CON=Cc1ccccc1NC(=O)CC#N. The number of hydrogen-bond acceptors (Lipinski definition) is 4. The highest BCUT2D eigenvalue weighted by atomic mass is 16.6. The third kappa shape index (κ3) is 3.42. The van der Waals surface area contributed by atoms with Gasteiger partial charge in [0.25, 0.3) is 0 Å². The van der Waals surface area contributed by atoms with Crippen molar-refractivity contribution in [3.8, 4) is 6.07 Å². The second kappa shape index (κ2) is 6.19. The predicted molar refractivity (Wildman–Crippen MR) is 59.9 cm³/mol. The number of nitriles is 1. The topological polar surface area (TPSA) is 74.5 Å². The highest BCUT2D eigenvalue weighted by Crippen LogP contribution is 2.12. The lowest BCUT2D eigenvalue weighted by atomic mass is 10.2. The fraction of sp³-hybridized carbons (Fsp3) is 0.182. The summed E-state index contributed by atoms with van der Waals surface area (Å²) in [6.45, 7) is 0. The number of nitrogens with one attached hydrogen (secondary N) is 1. The minimum absolute atomic E-state index is 0.171. The first-order valence-corrected chi connectivity index (χ1v) is 4.60. The van der Waals surface area contributed by atoms with Gasteiger partial charge < -0.3 is 10.2 Å². The largest absolute Gasteiger partial charge is 0.399 e. The van der Waals surface area contributed by atoms with Gasteiger partial charge in [0.15, 0.2) is 0 Å². The zero-order valence-electron chi connectivity index (χ0n) is 8.80. The van der Waals surface area contributed by atoms with Gasteiger partial charge in [-0.25, -0.2) is 0 Å². The molecule has 0 bridgehead atoms. The number of hydrogen-bond donors (Lipinski definition) is 1. The Kier molecular flexibility index (Phi) is 4.54. The van der Waals surface area contributed by atoms with Crippen LogP contribution in [0.15, 0.2) is 29.4 Å². The zero-order valence-corrected chi connectivity index (χ0v) is 8.80. The van der Waals surface area contributed by atoms with Gasteiger partial charge in [-0.05, 0) is 6.07 Å². The molecule has 5 heteroatoms. The molecule has 0 unspecified atom stereocenters. The standard InChI is InChI=1S/C11H11N3O2/c1-16-13-8-9-4-2-3-5-10(9)14-11(15)6-7-12/h2-5,8H,6H2,1H3,(H,14,15). The molecule has 0 atom stereocenters. The molecular weight excluding hydrogens is 206 g/mol. The van der Waals surface area contributed by atoms with Gasteiger partial charge in [0.05, 0.1) is 12.3 Å². The Morgan fingerprint density at radius 1 is 1.62 bits per heavy atom. The van der Waals surface area contributed by atoms with E-state index < -0.39 is 0 Å². The van der Waals surface area contributed by atoms with Crippen LogP contribution in [0.25, 0.3) is 0 Å². The molecule has 0 saturated heterocycles. The molecule has 1 rings (SSSR count). The van der Waals surface area contributed by atoms with Crippen LogP contribution >= 0.6 is 0 Å². The van der Waals surface area contributed by atoms with Crippen molar-refractivity contribution < 1.29 is 9.63 Å². The number of amides is 1. The van der Waals surface area contributed by atoms with Crippen LogP contribution in [0.5, 0.6) is 0 Å². The molecule has 1 aromatic rings. The second-order valence-electron chi connectivity index (χ2n) is 2.89. The maximum Gasteiger partial charge on any atom is 0.238 e. The second-order valence-corrected chi connectivity index (χ2v) is 2.89. The van der Waals surface area contributed by atoms with E-state index in [2.05, 4.69) is 15.3 Å². The van der Waals surface area contributed by atoms with Crippen molar-refractivity contribution in [2.24, 2.45) is 5.16 Å². The van der Waals surface area contributed by atoms with Gasteiger partial charge in [0.2, 0.25) is 5.91 Å². The fourth-order valence-corrected chi connectivity index (χ4v) is 1.10. The number of carbonyl (C=O) groups excluding carboxylic acids is 1. The summed E-state index contributed by atoms with van der Waals surface area (Å²) in [5.41, 5.74) is 1.32. The lowest BCUT2D eigenvalue weighted by molar-refractivity contribution is -0.115. The molecule has 0 heterocycles. The lowest BCUT2D eigenvalue weighted by Crippen LogP contribution is -2.11. The number of nitrogens with zero attached hydrogens (tertiary/aromatic N) is 2. The number of rotatable bonds is 4. The van der Waals surface area contributed by atoms with E-state index in [1.165, 1.54) is 13.3 Å². The minimum atomic E-state index is -0.347. The number of carbonyl (C=O) groups is 1. The van der Waals surface area contributed by atoms with E-state index in [4.69, 9.17) is 5.26 Å². The van der Waals surface area contributed by atoms with Crippen LogP contribution in [0.1, 0.15) is 12.0 Å². The molecule has 0 aliphatic carbocycles. The van der Waals surface area contributed by atoms with Crippen molar-refractivity contribution >= 4 is 17.8 Å². The molecule has 1 N–H and O–H groups in total. The summed E-state index contributed by atoms with van der Waals surface area (Å²) in [5.74, 6) is -0.347. The zero-order chi connectivity index (χ0) is 11.8. The Morgan fingerprint density at radius 2 is 2.38 bits per heavy atom. The average molecular weight is 217 g/mol. The van der Waals surface area contributed by atoms with Crippen molar-refractivity contribution in [2.75, 3.05) is 12.4 Å². The molecule has 0 aliphatic rings. The molecule has 0 spiro atoms. The van der Waals surface area contributed by atoms with Crippen LogP contribution < -0.4 is 5.32 Å². The Balaban J connectivity index is 2.83. The number of oxime groups is 1. The first-order valence-electron chi connectivity index (χ1n) is 4.60. The van der Waals surface area contributed by atoms with Crippen LogP contribution in [0.2, 0.25) is 0 Å². The van der Waals surface area contributed by atoms with E-state index in [0.29, 0.717) is 5.69 Å². The summed E-state index contributed by atoms with van der Waals surface area (Å²) in [6, 6.07) is 8.89. The van der Waals surface area contributed by atoms with Gasteiger partial charge in [0.1, 0.15) is 13.5 Å². The molecule has 5 nitrogen and oxygen atoms in total. The van der Waals surface area contributed by atoms with E-state index in [0.717, 1.165) is 5.56 Å². The van der Waals surface area contributed by atoms with E-state index in [-0.39, 0.29) is 12.3 Å². The van der Waals surface area contributed by atoms with Crippen LogP contribution in [-0.4, -0.2) is 19.2 Å². The highest BCUT2D eigenvalue weighted by molar-refractivity contribution is 5.98. The first kappa shape index (κ1) is 11.7. The predicted octanol–water partition coefficient (Wildman–Crippen LogP) is 1.52. The number of anilines is 1. The Morgan fingerprint density at radius 3 is 3.06 bits per heavy atom. The molecule has 82 valence electrons. The van der Waals surface area contributed by atoms with E-state index >= 15 is 0 Å². The molecule has 0 aromatic heterocycles. The van der Waals surface area contributed by atoms with Gasteiger partial charge in [-0.15, -0.1) is 0 Å². The third-order valence-corrected chi connectivity index (χ3v) is 1.77. The Hall–Kier alpha value is -2.35. The van der Waals surface area contributed by atoms with E-state index in [1.54, 1.807) is 24.3 Å². The first-order chi connectivity index (χ1) is 7.77. The molecule has 1 amide bonds. The summed E-state index contributed by atoms with van der Waals surface area (Å²) in [7, 11) is 1.44. The van der Waals surface area contributed by atoms with Crippen LogP contribution in [0.3, 0.4) is 0 Å². The normalized spacial score (nSPS) is 9.75.